The summed E-state index contributed by atoms with van der Waals surface area (Å²) in [6.45, 7) is 3.48. The van der Waals surface area contributed by atoms with Crippen LogP contribution in [0.5, 0.6) is 6.01 Å². The third-order valence-corrected chi connectivity index (χ3v) is 7.55. The Morgan fingerprint density at radius 1 is 0.842 bits per heavy atom. The van der Waals surface area contributed by atoms with E-state index in [9.17, 15) is 23.1 Å². The lowest BCUT2D eigenvalue weighted by molar-refractivity contribution is -0.146. The van der Waals surface area contributed by atoms with Crippen molar-refractivity contribution in [3.05, 3.63) is 125 Å². The van der Waals surface area contributed by atoms with Gasteiger partial charge in [0.25, 0.3) is 0 Å². The lowest BCUT2D eigenvalue weighted by Gasteiger charge is -2.39. The Morgan fingerprint density at radius 3 is 1.87 bits per heavy atom. The maximum absolute atomic E-state index is 13.4. The molecule has 4 aromatic rings. The Balaban J connectivity index is 1.93. The number of halogens is 3. The number of nitrogens with zero attached hydrogens (tertiary/aromatic N) is 2. The number of ether oxygens (including phenoxy) is 1. The smallest absolute Gasteiger partial charge is 0.416 e. The average molecular weight is 539 g/mol. The van der Waals surface area contributed by atoms with E-state index < -0.39 is 28.6 Å². The standard InChI is InChI=1S/C29H25F3N2O3S/c1-19-17-20(2)34-27(33-19)37-25(26(35)36)28(22-11-7-4-8-12-22,38-18-21-9-5-3-6-10-21)23-13-15-24(16-14-23)29(30,31)32/h3-17,25H,18H2,1-2H3,(H,35,36)/t25-,28-/m0/s1. The minimum Gasteiger partial charge on any atom is -0.478 e. The van der Waals surface area contributed by atoms with Crippen LogP contribution in [0.2, 0.25) is 0 Å². The van der Waals surface area contributed by atoms with Crippen LogP contribution in [-0.4, -0.2) is 27.1 Å². The molecule has 0 spiro atoms. The van der Waals surface area contributed by atoms with Crippen molar-refractivity contribution in [3.8, 4) is 6.01 Å². The SMILES string of the molecule is Cc1cc(C)nc(O[C@@H](C(=O)O)[C@](SCc2ccccc2)(c2ccccc2)c2ccc(C(F)(F)F)cc2)n1. The number of hydrogen-bond acceptors (Lipinski definition) is 5. The zero-order valence-electron chi connectivity index (χ0n) is 20.6. The number of thioether (sulfide) groups is 1. The van der Waals surface area contributed by atoms with Crippen LogP contribution in [-0.2, 0) is 21.5 Å². The normalized spacial score (nSPS) is 13.9. The highest BCUT2D eigenvalue weighted by atomic mass is 32.2. The number of aryl methyl sites for hydroxylation is 2. The van der Waals surface area contributed by atoms with Crippen molar-refractivity contribution in [1.82, 2.24) is 9.97 Å². The molecule has 3 aromatic carbocycles. The van der Waals surface area contributed by atoms with E-state index in [0.29, 0.717) is 28.3 Å². The summed E-state index contributed by atoms with van der Waals surface area (Å²) >= 11 is 1.26. The molecular weight excluding hydrogens is 513 g/mol. The highest BCUT2D eigenvalue weighted by Gasteiger charge is 2.49. The second-order valence-electron chi connectivity index (χ2n) is 8.72. The molecule has 2 atom stereocenters. The molecule has 1 aromatic heterocycles. The van der Waals surface area contributed by atoms with E-state index in [-0.39, 0.29) is 6.01 Å². The Morgan fingerprint density at radius 2 is 1.34 bits per heavy atom. The molecule has 0 fully saturated rings. The number of rotatable bonds is 9. The molecule has 0 radical (unpaired) electrons. The van der Waals surface area contributed by atoms with Crippen molar-refractivity contribution < 1.29 is 27.8 Å². The summed E-state index contributed by atoms with van der Waals surface area (Å²) in [4.78, 5) is 21.5. The van der Waals surface area contributed by atoms with E-state index in [1.807, 2.05) is 30.3 Å². The van der Waals surface area contributed by atoms with E-state index >= 15 is 0 Å². The summed E-state index contributed by atoms with van der Waals surface area (Å²) in [5.74, 6) is -0.950. The van der Waals surface area contributed by atoms with Crippen molar-refractivity contribution in [1.29, 1.82) is 0 Å². The maximum atomic E-state index is 13.4. The quantitative estimate of drug-likeness (QED) is 0.252. The zero-order valence-corrected chi connectivity index (χ0v) is 21.5. The molecule has 4 rings (SSSR count). The molecule has 38 heavy (non-hydrogen) atoms. The van der Waals surface area contributed by atoms with Crippen molar-refractivity contribution in [2.24, 2.45) is 0 Å². The highest BCUT2D eigenvalue weighted by Crippen LogP contribution is 2.49. The predicted octanol–water partition coefficient (Wildman–Crippen LogP) is 6.82. The van der Waals surface area contributed by atoms with Crippen LogP contribution >= 0.6 is 11.8 Å². The molecule has 0 saturated heterocycles. The van der Waals surface area contributed by atoms with Gasteiger partial charge >= 0.3 is 18.2 Å². The van der Waals surface area contributed by atoms with Gasteiger partial charge in [-0.3, -0.25) is 0 Å². The van der Waals surface area contributed by atoms with Crippen LogP contribution in [0.3, 0.4) is 0 Å². The first-order valence-corrected chi connectivity index (χ1v) is 12.7. The van der Waals surface area contributed by atoms with E-state index in [4.69, 9.17) is 4.74 Å². The van der Waals surface area contributed by atoms with Crippen LogP contribution in [0.4, 0.5) is 13.2 Å². The lowest BCUT2D eigenvalue weighted by Crippen LogP contribution is -2.47. The Bertz CT molecular complexity index is 1360. The van der Waals surface area contributed by atoms with Gasteiger partial charge in [-0.05, 0) is 48.7 Å². The van der Waals surface area contributed by atoms with E-state index in [0.717, 1.165) is 17.7 Å². The van der Waals surface area contributed by atoms with Gasteiger partial charge in [0.1, 0.15) is 4.75 Å². The van der Waals surface area contributed by atoms with Gasteiger partial charge < -0.3 is 9.84 Å². The van der Waals surface area contributed by atoms with Crippen molar-refractivity contribution in [2.75, 3.05) is 0 Å². The van der Waals surface area contributed by atoms with Gasteiger partial charge in [0.15, 0.2) is 0 Å². The Hall–Kier alpha value is -3.85. The summed E-state index contributed by atoms with van der Waals surface area (Å²) in [7, 11) is 0. The molecule has 0 aliphatic heterocycles. The van der Waals surface area contributed by atoms with E-state index in [2.05, 4.69) is 9.97 Å². The molecule has 0 bridgehead atoms. The van der Waals surface area contributed by atoms with E-state index in [1.165, 1.54) is 23.9 Å². The van der Waals surface area contributed by atoms with E-state index in [1.54, 1.807) is 50.2 Å². The Kier molecular flexibility index (Phi) is 8.06. The first-order valence-electron chi connectivity index (χ1n) is 11.7. The van der Waals surface area contributed by atoms with Crippen molar-refractivity contribution >= 4 is 17.7 Å². The number of carboxylic acids is 1. The first-order chi connectivity index (χ1) is 18.1. The fourth-order valence-electron chi connectivity index (χ4n) is 4.23. The van der Waals surface area contributed by atoms with Gasteiger partial charge in [-0.1, -0.05) is 72.8 Å². The van der Waals surface area contributed by atoms with Gasteiger partial charge in [-0.25, -0.2) is 14.8 Å². The average Bonchev–Trinajstić information content (AvgIpc) is 2.88. The summed E-state index contributed by atoms with van der Waals surface area (Å²) in [6.07, 6.45) is -6.13. The number of carbonyl (C=O) groups is 1. The topological polar surface area (TPSA) is 72.3 Å². The number of benzene rings is 3. The van der Waals surface area contributed by atoms with Gasteiger partial charge in [-0.15, -0.1) is 11.8 Å². The number of aromatic nitrogens is 2. The molecule has 0 unspecified atom stereocenters. The summed E-state index contributed by atoms with van der Waals surface area (Å²) in [6, 6.07) is 24.4. The summed E-state index contributed by atoms with van der Waals surface area (Å²) in [5.41, 5.74) is 2.16. The fraction of sp³-hybridized carbons (Fsp3) is 0.207. The van der Waals surface area contributed by atoms with Gasteiger partial charge in [-0.2, -0.15) is 13.2 Å². The molecule has 0 aliphatic carbocycles. The number of alkyl halides is 3. The number of hydrogen-bond donors (Lipinski definition) is 1. The van der Waals surface area contributed by atoms with Gasteiger partial charge in [0, 0.05) is 17.1 Å². The fourth-order valence-corrected chi connectivity index (χ4v) is 5.73. The molecule has 0 aliphatic rings. The Labute approximate surface area is 222 Å². The third-order valence-electron chi connectivity index (χ3n) is 5.93. The molecule has 0 saturated carbocycles. The predicted molar refractivity (Wildman–Crippen MR) is 140 cm³/mol. The number of aliphatic carboxylic acids is 1. The van der Waals surface area contributed by atoms with Crippen LogP contribution in [0.15, 0.2) is 91.0 Å². The minimum atomic E-state index is -4.54. The van der Waals surface area contributed by atoms with Crippen molar-refractivity contribution in [2.45, 2.75) is 36.6 Å². The van der Waals surface area contributed by atoms with Crippen LogP contribution < -0.4 is 4.74 Å². The van der Waals surface area contributed by atoms with Crippen LogP contribution in [0.1, 0.15) is 33.6 Å². The lowest BCUT2D eigenvalue weighted by atomic mass is 9.84. The van der Waals surface area contributed by atoms with Crippen molar-refractivity contribution in [3.63, 3.8) is 0 Å². The van der Waals surface area contributed by atoms with Crippen LogP contribution in [0.25, 0.3) is 0 Å². The molecule has 1 N–H and O–H groups in total. The maximum Gasteiger partial charge on any atom is 0.416 e. The minimum absolute atomic E-state index is 0.123. The summed E-state index contributed by atoms with van der Waals surface area (Å²) < 4.78 is 44.8. The first kappa shape index (κ1) is 27.2. The second-order valence-corrected chi connectivity index (χ2v) is 9.94. The molecular formula is C29H25F3N2O3S. The largest absolute Gasteiger partial charge is 0.478 e. The second kappa shape index (κ2) is 11.3. The number of carboxylic acid groups (broad SMARTS) is 1. The molecule has 9 heteroatoms. The molecule has 5 nitrogen and oxygen atoms in total. The van der Waals surface area contributed by atoms with Gasteiger partial charge in [0.2, 0.25) is 6.10 Å². The zero-order chi connectivity index (χ0) is 27.3. The molecule has 0 amide bonds. The van der Waals surface area contributed by atoms with Crippen LogP contribution in [0, 0.1) is 13.8 Å². The highest BCUT2D eigenvalue weighted by molar-refractivity contribution is 7.99. The summed E-state index contributed by atoms with van der Waals surface area (Å²) in [5, 5.41) is 10.5. The molecule has 1 heterocycles. The molecule has 196 valence electrons. The third kappa shape index (κ3) is 5.99. The van der Waals surface area contributed by atoms with Gasteiger partial charge in [0.05, 0.1) is 5.56 Å². The monoisotopic (exact) mass is 538 g/mol.